The summed E-state index contributed by atoms with van der Waals surface area (Å²) in [4.78, 5) is 18.9. The standard InChI is InChI=1S/C25H18ClF3N4O3/c26-19-3-2-17(6-18(19)25(27,28)29)36-20-4-1-14(5-16(20)10-30)12-35-21-7-22-32(23(34)31-21)13-24-8-15(9-24)11-33(22)24/h1-7,15H,8-9,11-13H2. The van der Waals surface area contributed by atoms with Crippen molar-refractivity contribution in [2.24, 2.45) is 5.92 Å². The van der Waals surface area contributed by atoms with E-state index in [0.717, 1.165) is 37.3 Å². The van der Waals surface area contributed by atoms with Crippen molar-refractivity contribution in [3.05, 3.63) is 74.7 Å². The summed E-state index contributed by atoms with van der Waals surface area (Å²) in [6, 6.07) is 11.5. The third kappa shape index (κ3) is 3.66. The van der Waals surface area contributed by atoms with Gasteiger partial charge in [-0.05, 0) is 54.7 Å². The first-order valence-corrected chi connectivity index (χ1v) is 11.6. The number of hydrogen-bond donors (Lipinski definition) is 0. The minimum absolute atomic E-state index is 0.0395. The van der Waals surface area contributed by atoms with Gasteiger partial charge in [-0.3, -0.25) is 4.57 Å². The molecule has 3 fully saturated rings. The Morgan fingerprint density at radius 1 is 1.19 bits per heavy atom. The number of alkyl halides is 3. The molecule has 184 valence electrons. The maximum atomic E-state index is 13.1. The summed E-state index contributed by atoms with van der Waals surface area (Å²) >= 11 is 5.65. The Morgan fingerprint density at radius 2 is 2.00 bits per heavy atom. The fourth-order valence-electron chi connectivity index (χ4n) is 5.49. The number of rotatable bonds is 5. The molecule has 11 heteroatoms. The van der Waals surface area contributed by atoms with Gasteiger partial charge in [-0.25, -0.2) is 4.79 Å². The number of nitriles is 1. The van der Waals surface area contributed by atoms with Crippen LogP contribution in [0.2, 0.25) is 5.02 Å². The molecule has 0 unspecified atom stereocenters. The summed E-state index contributed by atoms with van der Waals surface area (Å²) in [6.45, 7) is 1.64. The second-order valence-corrected chi connectivity index (χ2v) is 9.81. The largest absolute Gasteiger partial charge is 0.473 e. The molecular weight excluding hydrogens is 497 g/mol. The van der Waals surface area contributed by atoms with E-state index in [-0.39, 0.29) is 40.8 Å². The molecular formula is C25H18ClF3N4O3. The summed E-state index contributed by atoms with van der Waals surface area (Å²) in [6.07, 6.45) is -2.44. The molecule has 1 saturated carbocycles. The van der Waals surface area contributed by atoms with Gasteiger partial charge in [0, 0.05) is 12.6 Å². The fraction of sp³-hybridized carbons (Fsp3) is 0.320. The van der Waals surface area contributed by atoms with Crippen molar-refractivity contribution in [1.29, 1.82) is 5.26 Å². The van der Waals surface area contributed by atoms with E-state index in [0.29, 0.717) is 18.0 Å². The molecule has 0 amide bonds. The normalized spacial score (nSPS) is 21.4. The van der Waals surface area contributed by atoms with Crippen molar-refractivity contribution >= 4 is 17.4 Å². The molecule has 2 aromatic carbocycles. The second-order valence-electron chi connectivity index (χ2n) is 9.40. The van der Waals surface area contributed by atoms with Crippen LogP contribution in [0.5, 0.6) is 17.4 Å². The van der Waals surface area contributed by atoms with Gasteiger partial charge in [-0.15, -0.1) is 0 Å². The molecule has 2 bridgehead atoms. The van der Waals surface area contributed by atoms with Gasteiger partial charge in [0.25, 0.3) is 0 Å². The summed E-state index contributed by atoms with van der Waals surface area (Å²) in [5, 5.41) is 9.11. The van der Waals surface area contributed by atoms with Crippen LogP contribution in [-0.2, 0) is 19.3 Å². The number of fused-ring (bicyclic) bond motifs is 1. The number of ether oxygens (including phenoxy) is 2. The molecule has 3 aromatic rings. The Labute approximate surface area is 208 Å². The highest BCUT2D eigenvalue weighted by atomic mass is 35.5. The van der Waals surface area contributed by atoms with Crippen molar-refractivity contribution in [2.45, 2.75) is 37.7 Å². The predicted octanol–water partition coefficient (Wildman–Crippen LogP) is 5.14. The molecule has 1 aliphatic carbocycles. The quantitative estimate of drug-likeness (QED) is 0.469. The molecule has 3 aliphatic heterocycles. The first kappa shape index (κ1) is 22.7. The Morgan fingerprint density at radius 3 is 2.75 bits per heavy atom. The van der Waals surface area contributed by atoms with E-state index in [1.165, 1.54) is 18.2 Å². The van der Waals surface area contributed by atoms with Crippen LogP contribution in [0.15, 0.2) is 47.3 Å². The lowest BCUT2D eigenvalue weighted by Gasteiger charge is -2.37. The van der Waals surface area contributed by atoms with Crippen molar-refractivity contribution in [1.82, 2.24) is 9.55 Å². The molecule has 4 aliphatic rings. The van der Waals surface area contributed by atoms with Gasteiger partial charge in [0.1, 0.15) is 30.0 Å². The SMILES string of the molecule is N#Cc1cc(COc2cc3n(c(=O)n2)CC24CC(CN32)C4)ccc1Oc1ccc(Cl)c(C(F)(F)F)c1. The van der Waals surface area contributed by atoms with Crippen molar-refractivity contribution in [3.8, 4) is 23.4 Å². The van der Waals surface area contributed by atoms with E-state index in [4.69, 9.17) is 21.1 Å². The number of nitrogens with zero attached hydrogens (tertiary/aromatic N) is 4. The highest BCUT2D eigenvalue weighted by Crippen LogP contribution is 2.56. The summed E-state index contributed by atoms with van der Waals surface area (Å²) in [5.41, 5.74) is -0.606. The van der Waals surface area contributed by atoms with Crippen LogP contribution in [0.1, 0.15) is 29.5 Å². The average Bonchev–Trinajstić information content (AvgIpc) is 3.45. The Bertz CT molecular complexity index is 1490. The zero-order valence-electron chi connectivity index (χ0n) is 18.7. The van der Waals surface area contributed by atoms with Gasteiger partial charge < -0.3 is 14.4 Å². The van der Waals surface area contributed by atoms with E-state index in [2.05, 4.69) is 9.88 Å². The van der Waals surface area contributed by atoms with Crippen LogP contribution in [0.3, 0.4) is 0 Å². The summed E-state index contributed by atoms with van der Waals surface area (Å²) in [5.74, 6) is 1.70. The molecule has 7 rings (SSSR count). The molecule has 2 saturated heterocycles. The molecule has 1 aromatic heterocycles. The number of anilines is 1. The van der Waals surface area contributed by atoms with Crippen molar-refractivity contribution in [2.75, 3.05) is 11.4 Å². The molecule has 0 N–H and O–H groups in total. The van der Waals surface area contributed by atoms with E-state index < -0.39 is 16.8 Å². The molecule has 4 heterocycles. The smallest absolute Gasteiger partial charge is 0.417 e. The summed E-state index contributed by atoms with van der Waals surface area (Å²) < 4.78 is 52.4. The van der Waals surface area contributed by atoms with E-state index >= 15 is 0 Å². The predicted molar refractivity (Wildman–Crippen MR) is 123 cm³/mol. The third-order valence-corrected chi connectivity index (χ3v) is 7.40. The van der Waals surface area contributed by atoms with Gasteiger partial charge in [0.05, 0.1) is 28.2 Å². The molecule has 1 spiro atoms. The maximum Gasteiger partial charge on any atom is 0.417 e. The number of halogens is 4. The van der Waals surface area contributed by atoms with E-state index in [1.807, 2.05) is 6.07 Å². The topological polar surface area (TPSA) is 80.4 Å². The lowest BCUT2D eigenvalue weighted by atomic mass is 9.74. The van der Waals surface area contributed by atoms with Crippen molar-refractivity contribution < 1.29 is 22.6 Å². The van der Waals surface area contributed by atoms with Gasteiger partial charge in [-0.2, -0.15) is 23.4 Å². The van der Waals surface area contributed by atoms with Crippen LogP contribution >= 0.6 is 11.6 Å². The van der Waals surface area contributed by atoms with Gasteiger partial charge >= 0.3 is 11.9 Å². The van der Waals surface area contributed by atoms with Crippen LogP contribution in [-0.4, -0.2) is 21.6 Å². The minimum atomic E-state index is -4.64. The highest BCUT2D eigenvalue weighted by molar-refractivity contribution is 6.31. The molecule has 36 heavy (non-hydrogen) atoms. The average molecular weight is 515 g/mol. The highest BCUT2D eigenvalue weighted by Gasteiger charge is 2.60. The number of hydrogen-bond acceptors (Lipinski definition) is 6. The lowest BCUT2D eigenvalue weighted by Crippen LogP contribution is -2.44. The monoisotopic (exact) mass is 514 g/mol. The minimum Gasteiger partial charge on any atom is -0.473 e. The van der Waals surface area contributed by atoms with E-state index in [1.54, 1.807) is 16.7 Å². The Hall–Kier alpha value is -3.71. The van der Waals surface area contributed by atoms with Crippen LogP contribution in [0.4, 0.5) is 19.0 Å². The van der Waals surface area contributed by atoms with Gasteiger partial charge in [-0.1, -0.05) is 17.7 Å². The van der Waals surface area contributed by atoms with Crippen LogP contribution in [0.25, 0.3) is 0 Å². The maximum absolute atomic E-state index is 13.1. The third-order valence-electron chi connectivity index (χ3n) is 7.07. The number of aromatic nitrogens is 2. The fourth-order valence-corrected chi connectivity index (χ4v) is 5.72. The van der Waals surface area contributed by atoms with E-state index in [9.17, 15) is 23.2 Å². The Balaban J connectivity index is 1.19. The van der Waals surface area contributed by atoms with Crippen molar-refractivity contribution in [3.63, 3.8) is 0 Å². The first-order valence-electron chi connectivity index (χ1n) is 11.3. The lowest BCUT2D eigenvalue weighted by molar-refractivity contribution is -0.137. The molecule has 0 atom stereocenters. The van der Waals surface area contributed by atoms with Crippen LogP contribution < -0.4 is 20.1 Å². The van der Waals surface area contributed by atoms with Gasteiger partial charge in [0.15, 0.2) is 0 Å². The number of benzene rings is 2. The zero-order chi connectivity index (χ0) is 25.2. The Kier molecular flexibility index (Phi) is 4.99. The first-order chi connectivity index (χ1) is 17.1. The van der Waals surface area contributed by atoms with Crippen LogP contribution in [0, 0.1) is 17.2 Å². The summed E-state index contributed by atoms with van der Waals surface area (Å²) in [7, 11) is 0. The second kappa shape index (κ2) is 7.90. The van der Waals surface area contributed by atoms with Gasteiger partial charge in [0.2, 0.25) is 5.88 Å². The molecule has 7 nitrogen and oxygen atoms in total. The zero-order valence-corrected chi connectivity index (χ0v) is 19.4. The molecule has 0 radical (unpaired) electrons.